The second-order valence-electron chi connectivity index (χ2n) is 4.94. The minimum Gasteiger partial charge on any atom is -0.352 e. The van der Waals surface area contributed by atoms with Crippen molar-refractivity contribution in [1.82, 2.24) is 14.9 Å². The number of halogens is 1. The number of hydrogen-bond acceptors (Lipinski definition) is 3. The normalized spacial score (nSPS) is 18.9. The highest BCUT2D eigenvalue weighted by molar-refractivity contribution is 9.10. The number of nitrogens with one attached hydrogen (secondary N) is 1. The van der Waals surface area contributed by atoms with Gasteiger partial charge >= 0.3 is 6.03 Å². The summed E-state index contributed by atoms with van der Waals surface area (Å²) in [6.07, 6.45) is 4.55. The molecule has 0 spiro atoms. The first-order chi connectivity index (χ1) is 9.56. The first kappa shape index (κ1) is 15.3. The van der Waals surface area contributed by atoms with E-state index in [9.17, 15) is 4.79 Å². The lowest BCUT2D eigenvalue weighted by molar-refractivity contribution is -0.187. The molecule has 0 bridgehead atoms. The molecule has 1 N–H and O–H groups in total. The van der Waals surface area contributed by atoms with E-state index < -0.39 is 0 Å². The van der Waals surface area contributed by atoms with Crippen LogP contribution in [0.4, 0.5) is 4.79 Å². The number of hydrogen-bond donors (Lipinski definition) is 1. The van der Waals surface area contributed by atoms with Gasteiger partial charge in [-0.2, -0.15) is 0 Å². The van der Waals surface area contributed by atoms with Crippen LogP contribution in [0.3, 0.4) is 0 Å². The molecule has 1 unspecified atom stereocenters. The fourth-order valence-electron chi connectivity index (χ4n) is 2.04. The van der Waals surface area contributed by atoms with Crippen LogP contribution >= 0.6 is 15.9 Å². The Morgan fingerprint density at radius 1 is 1.65 bits per heavy atom. The number of nitrogens with zero attached hydrogens (tertiary/aromatic N) is 2. The van der Waals surface area contributed by atoms with Gasteiger partial charge in [-0.15, -0.1) is 0 Å². The molecular weight excluding hydrogens is 326 g/mol. The Bertz CT molecular complexity index is 458. The SMILES string of the molecule is CN(Cc1cc(Br)cn1C)C(=O)NOC1CCCCO1. The molecule has 1 aromatic rings. The highest BCUT2D eigenvalue weighted by Crippen LogP contribution is 2.15. The van der Waals surface area contributed by atoms with Crippen molar-refractivity contribution in [3.8, 4) is 0 Å². The van der Waals surface area contributed by atoms with Gasteiger partial charge < -0.3 is 14.2 Å². The van der Waals surface area contributed by atoms with E-state index in [2.05, 4.69) is 21.4 Å². The zero-order chi connectivity index (χ0) is 14.5. The Morgan fingerprint density at radius 2 is 2.45 bits per heavy atom. The number of hydroxylamine groups is 1. The maximum absolute atomic E-state index is 11.9. The van der Waals surface area contributed by atoms with Crippen molar-refractivity contribution in [3.05, 3.63) is 22.4 Å². The molecule has 0 saturated carbocycles. The molecule has 7 heteroatoms. The van der Waals surface area contributed by atoms with E-state index in [-0.39, 0.29) is 12.3 Å². The molecule has 20 heavy (non-hydrogen) atoms. The number of rotatable bonds is 4. The average molecular weight is 346 g/mol. The molecule has 1 aliphatic rings. The molecule has 6 nitrogen and oxygen atoms in total. The van der Waals surface area contributed by atoms with Crippen LogP contribution in [0.1, 0.15) is 25.0 Å². The molecule has 0 aromatic carbocycles. The summed E-state index contributed by atoms with van der Waals surface area (Å²) in [7, 11) is 3.67. The summed E-state index contributed by atoms with van der Waals surface area (Å²) in [5.74, 6) is 0. The number of carbonyl (C=O) groups is 1. The summed E-state index contributed by atoms with van der Waals surface area (Å²) in [4.78, 5) is 18.7. The van der Waals surface area contributed by atoms with Crippen molar-refractivity contribution in [3.63, 3.8) is 0 Å². The smallest absolute Gasteiger partial charge is 0.341 e. The predicted molar refractivity (Wildman–Crippen MR) is 77.8 cm³/mol. The Morgan fingerprint density at radius 3 is 3.05 bits per heavy atom. The maximum Gasteiger partial charge on any atom is 0.341 e. The van der Waals surface area contributed by atoms with Crippen LogP contribution in [0.25, 0.3) is 0 Å². The van der Waals surface area contributed by atoms with E-state index in [0.29, 0.717) is 13.2 Å². The lowest BCUT2D eigenvalue weighted by atomic mass is 10.2. The van der Waals surface area contributed by atoms with Crippen molar-refractivity contribution in [2.75, 3.05) is 13.7 Å². The molecule has 1 atom stereocenters. The standard InChI is InChI=1S/C13H20BrN3O3/c1-16-8-10(14)7-11(16)9-17(2)13(18)15-20-12-5-3-4-6-19-12/h7-8,12H,3-6,9H2,1-2H3,(H,15,18). The van der Waals surface area contributed by atoms with E-state index in [4.69, 9.17) is 9.57 Å². The van der Waals surface area contributed by atoms with E-state index in [1.165, 1.54) is 0 Å². The summed E-state index contributed by atoms with van der Waals surface area (Å²) < 4.78 is 8.35. The summed E-state index contributed by atoms with van der Waals surface area (Å²) in [6, 6.07) is 1.70. The van der Waals surface area contributed by atoms with Crippen molar-refractivity contribution < 1.29 is 14.4 Å². The summed E-state index contributed by atoms with van der Waals surface area (Å²) in [5, 5.41) is 0. The van der Waals surface area contributed by atoms with Gasteiger partial charge in [-0.3, -0.25) is 0 Å². The van der Waals surface area contributed by atoms with E-state index in [1.54, 1.807) is 11.9 Å². The van der Waals surface area contributed by atoms with Gasteiger partial charge in [0.2, 0.25) is 0 Å². The second kappa shape index (κ2) is 7.10. The number of carbonyl (C=O) groups excluding carboxylic acids is 1. The van der Waals surface area contributed by atoms with E-state index in [1.807, 2.05) is 23.9 Å². The van der Waals surface area contributed by atoms with Gasteiger partial charge in [-0.25, -0.2) is 15.1 Å². The quantitative estimate of drug-likeness (QED) is 0.852. The first-order valence-electron chi connectivity index (χ1n) is 6.65. The van der Waals surface area contributed by atoms with Gasteiger partial charge in [-0.05, 0) is 34.8 Å². The summed E-state index contributed by atoms with van der Waals surface area (Å²) in [5.41, 5.74) is 3.47. The van der Waals surface area contributed by atoms with Gasteiger partial charge in [0.1, 0.15) is 0 Å². The predicted octanol–water partition coefficient (Wildman–Crippen LogP) is 2.39. The Hall–Kier alpha value is -1.05. The molecule has 0 aliphatic carbocycles. The Labute approximate surface area is 127 Å². The van der Waals surface area contributed by atoms with Crippen LogP contribution in [-0.2, 0) is 23.2 Å². The minimum atomic E-state index is -0.328. The third-order valence-corrected chi connectivity index (χ3v) is 3.67. The maximum atomic E-state index is 11.9. The lowest BCUT2D eigenvalue weighted by Crippen LogP contribution is -2.40. The number of urea groups is 1. The molecule has 112 valence electrons. The van der Waals surface area contributed by atoms with Crippen LogP contribution in [0.2, 0.25) is 0 Å². The van der Waals surface area contributed by atoms with Crippen molar-refractivity contribution >= 4 is 22.0 Å². The first-order valence-corrected chi connectivity index (χ1v) is 7.44. The topological polar surface area (TPSA) is 55.7 Å². The number of ether oxygens (including phenoxy) is 1. The Kier molecular flexibility index (Phi) is 5.45. The van der Waals surface area contributed by atoms with Crippen molar-refractivity contribution in [2.24, 2.45) is 7.05 Å². The van der Waals surface area contributed by atoms with Crippen LogP contribution < -0.4 is 5.48 Å². The highest BCUT2D eigenvalue weighted by Gasteiger charge is 2.17. The number of aryl methyl sites for hydroxylation is 1. The fraction of sp³-hybridized carbons (Fsp3) is 0.615. The average Bonchev–Trinajstić information content (AvgIpc) is 2.75. The van der Waals surface area contributed by atoms with Gasteiger partial charge in [0.15, 0.2) is 6.29 Å². The molecule has 2 heterocycles. The largest absolute Gasteiger partial charge is 0.352 e. The monoisotopic (exact) mass is 345 g/mol. The number of aromatic nitrogens is 1. The van der Waals surface area contributed by atoms with Gasteiger partial charge in [-0.1, -0.05) is 0 Å². The fourth-order valence-corrected chi connectivity index (χ4v) is 2.61. The third-order valence-electron chi connectivity index (χ3n) is 3.24. The molecule has 1 aliphatic heterocycles. The zero-order valence-corrected chi connectivity index (χ0v) is 13.4. The Balaban J connectivity index is 1.78. The molecule has 2 rings (SSSR count). The molecule has 0 radical (unpaired) electrons. The van der Waals surface area contributed by atoms with Crippen LogP contribution in [0.15, 0.2) is 16.7 Å². The van der Waals surface area contributed by atoms with Crippen LogP contribution in [0.5, 0.6) is 0 Å². The molecular formula is C13H20BrN3O3. The molecule has 1 saturated heterocycles. The molecule has 2 amide bonds. The minimum absolute atomic E-state index is 0.281. The van der Waals surface area contributed by atoms with Gasteiger partial charge in [0.05, 0.1) is 6.54 Å². The second-order valence-corrected chi connectivity index (χ2v) is 5.85. The van der Waals surface area contributed by atoms with Gasteiger partial charge in [0, 0.05) is 43.5 Å². The van der Waals surface area contributed by atoms with Crippen molar-refractivity contribution in [2.45, 2.75) is 32.1 Å². The van der Waals surface area contributed by atoms with Crippen molar-refractivity contribution in [1.29, 1.82) is 0 Å². The highest BCUT2D eigenvalue weighted by atomic mass is 79.9. The summed E-state index contributed by atoms with van der Waals surface area (Å²) in [6.45, 7) is 1.19. The lowest BCUT2D eigenvalue weighted by Gasteiger charge is -2.24. The molecule has 1 aromatic heterocycles. The number of amides is 2. The van der Waals surface area contributed by atoms with E-state index in [0.717, 1.165) is 29.4 Å². The van der Waals surface area contributed by atoms with E-state index >= 15 is 0 Å². The van der Waals surface area contributed by atoms with Crippen LogP contribution in [0, 0.1) is 0 Å². The zero-order valence-electron chi connectivity index (χ0n) is 11.8. The third kappa shape index (κ3) is 4.22. The van der Waals surface area contributed by atoms with Gasteiger partial charge in [0.25, 0.3) is 0 Å². The summed E-state index contributed by atoms with van der Waals surface area (Å²) >= 11 is 3.41. The van der Waals surface area contributed by atoms with Crippen LogP contribution in [-0.4, -0.2) is 35.4 Å². The molecule has 1 fully saturated rings.